The van der Waals surface area contributed by atoms with Gasteiger partial charge in [-0.05, 0) is 42.2 Å². The fourth-order valence-electron chi connectivity index (χ4n) is 2.74. The topological polar surface area (TPSA) is 45.9 Å². The van der Waals surface area contributed by atoms with Crippen LogP contribution >= 0.6 is 0 Å². The minimum Gasteiger partial charge on any atom is -0.489 e. The van der Waals surface area contributed by atoms with Crippen molar-refractivity contribution in [2.24, 2.45) is 0 Å². The lowest BCUT2D eigenvalue weighted by Crippen LogP contribution is -1.96. The largest absolute Gasteiger partial charge is 0.489 e. The number of benzene rings is 2. The molecule has 1 heterocycles. The van der Waals surface area contributed by atoms with Crippen molar-refractivity contribution in [3.8, 4) is 23.1 Å². The van der Waals surface area contributed by atoms with E-state index in [1.807, 2.05) is 30.5 Å². The number of hydrogen-bond acceptors (Lipinski definition) is 3. The van der Waals surface area contributed by atoms with Gasteiger partial charge in [0.25, 0.3) is 0 Å². The summed E-state index contributed by atoms with van der Waals surface area (Å²) in [4.78, 5) is 4.55. The summed E-state index contributed by atoms with van der Waals surface area (Å²) in [6.45, 7) is 2.51. The molecule has 0 saturated carbocycles. The number of aromatic nitrogens is 1. The molecule has 27 heavy (non-hydrogen) atoms. The third-order valence-corrected chi connectivity index (χ3v) is 4.36. The molecular weight excluding hydrogens is 339 g/mol. The predicted molar refractivity (Wildman–Crippen MR) is 104 cm³/mol. The zero-order valence-corrected chi connectivity index (χ0v) is 15.3. The molecule has 4 heteroatoms. The molecule has 1 aromatic heterocycles. The Kier molecular flexibility index (Phi) is 6.17. The molecule has 3 nitrogen and oxygen atoms in total. The lowest BCUT2D eigenvalue weighted by Gasteiger charge is -2.08. The molecule has 136 valence electrons. The van der Waals surface area contributed by atoms with Crippen LogP contribution in [0.3, 0.4) is 0 Å². The molecule has 2 aromatic carbocycles. The molecule has 0 aliphatic carbocycles. The smallest absolute Gasteiger partial charge is 0.144 e. The molecule has 0 radical (unpaired) electrons. The monoisotopic (exact) mass is 360 g/mol. The van der Waals surface area contributed by atoms with Crippen molar-refractivity contribution in [2.75, 3.05) is 0 Å². The van der Waals surface area contributed by atoms with E-state index in [4.69, 9.17) is 10.00 Å². The molecule has 3 aromatic rings. The van der Waals surface area contributed by atoms with Crippen LogP contribution in [0.2, 0.25) is 0 Å². The molecule has 0 aliphatic rings. The van der Waals surface area contributed by atoms with Gasteiger partial charge in [0.15, 0.2) is 0 Å². The van der Waals surface area contributed by atoms with E-state index in [2.05, 4.69) is 24.0 Å². The number of ether oxygens (including phenoxy) is 1. The van der Waals surface area contributed by atoms with Crippen molar-refractivity contribution >= 4 is 0 Å². The van der Waals surface area contributed by atoms with Crippen molar-refractivity contribution < 1.29 is 9.13 Å². The zero-order chi connectivity index (χ0) is 19.1. The van der Waals surface area contributed by atoms with E-state index >= 15 is 0 Å². The normalized spacial score (nSPS) is 10.4. The average molecular weight is 360 g/mol. The molecule has 3 rings (SSSR count). The van der Waals surface area contributed by atoms with Gasteiger partial charge in [-0.3, -0.25) is 4.98 Å². The SMILES string of the molecule is CCCCc1ccc(-c2ccc(COc3ccc(C#N)c(F)c3)cc2)nc1. The molecule has 0 unspecified atom stereocenters. The first-order chi connectivity index (χ1) is 13.2. The zero-order valence-electron chi connectivity index (χ0n) is 15.3. The quantitative estimate of drug-likeness (QED) is 0.544. The van der Waals surface area contributed by atoms with Crippen molar-refractivity contribution in [1.82, 2.24) is 4.98 Å². The molecule has 0 bridgehead atoms. The van der Waals surface area contributed by atoms with Gasteiger partial charge < -0.3 is 4.74 Å². The van der Waals surface area contributed by atoms with Gasteiger partial charge >= 0.3 is 0 Å². The highest BCUT2D eigenvalue weighted by molar-refractivity contribution is 5.59. The number of aryl methyl sites for hydroxylation is 1. The second-order valence-corrected chi connectivity index (χ2v) is 6.39. The Morgan fingerprint density at radius 1 is 1.04 bits per heavy atom. The Balaban J connectivity index is 1.61. The van der Waals surface area contributed by atoms with Crippen LogP contribution in [0.5, 0.6) is 5.75 Å². The number of hydrogen-bond donors (Lipinski definition) is 0. The Morgan fingerprint density at radius 3 is 2.44 bits per heavy atom. The first kappa shape index (κ1) is 18.6. The van der Waals surface area contributed by atoms with Gasteiger partial charge in [0.1, 0.15) is 24.2 Å². The van der Waals surface area contributed by atoms with Crippen LogP contribution in [0.1, 0.15) is 36.5 Å². The van der Waals surface area contributed by atoms with Crippen molar-refractivity contribution in [1.29, 1.82) is 5.26 Å². The summed E-state index contributed by atoms with van der Waals surface area (Å²) in [6.07, 6.45) is 5.37. The van der Waals surface area contributed by atoms with Crippen LogP contribution in [-0.4, -0.2) is 4.98 Å². The van der Waals surface area contributed by atoms with Gasteiger partial charge in [0.05, 0.1) is 11.3 Å². The maximum Gasteiger partial charge on any atom is 0.144 e. The van der Waals surface area contributed by atoms with Crippen LogP contribution in [-0.2, 0) is 13.0 Å². The Labute approximate surface area is 159 Å². The van der Waals surface area contributed by atoms with Crippen molar-refractivity contribution in [3.63, 3.8) is 0 Å². The summed E-state index contributed by atoms with van der Waals surface area (Å²) in [5, 5.41) is 8.75. The molecule has 0 fully saturated rings. The van der Waals surface area contributed by atoms with Crippen LogP contribution in [0.4, 0.5) is 4.39 Å². The first-order valence-electron chi connectivity index (χ1n) is 9.06. The summed E-state index contributed by atoms with van der Waals surface area (Å²) in [5.41, 5.74) is 4.24. The maximum atomic E-state index is 13.6. The lowest BCUT2D eigenvalue weighted by atomic mass is 10.1. The summed E-state index contributed by atoms with van der Waals surface area (Å²) in [7, 11) is 0. The summed E-state index contributed by atoms with van der Waals surface area (Å²) in [6, 6.07) is 18.2. The van der Waals surface area contributed by atoms with Gasteiger partial charge in [-0.15, -0.1) is 0 Å². The Hall–Kier alpha value is -3.19. The van der Waals surface area contributed by atoms with E-state index in [-0.39, 0.29) is 5.56 Å². The molecular formula is C23H21FN2O. The van der Waals surface area contributed by atoms with Gasteiger partial charge in [0, 0.05) is 17.8 Å². The minimum atomic E-state index is -0.571. The molecule has 0 spiro atoms. The van der Waals surface area contributed by atoms with Gasteiger partial charge in [-0.2, -0.15) is 5.26 Å². The van der Waals surface area contributed by atoms with Gasteiger partial charge in [-0.1, -0.05) is 43.7 Å². The number of nitrogens with zero attached hydrogens (tertiary/aromatic N) is 2. The molecule has 0 N–H and O–H groups in total. The fraction of sp³-hybridized carbons (Fsp3) is 0.217. The highest BCUT2D eigenvalue weighted by atomic mass is 19.1. The van der Waals surface area contributed by atoms with E-state index in [9.17, 15) is 4.39 Å². The number of pyridine rings is 1. The van der Waals surface area contributed by atoms with E-state index in [1.165, 1.54) is 30.5 Å². The van der Waals surface area contributed by atoms with Crippen LogP contribution in [0.15, 0.2) is 60.8 Å². The summed E-state index contributed by atoms with van der Waals surface area (Å²) < 4.78 is 19.2. The minimum absolute atomic E-state index is 0.0138. The van der Waals surface area contributed by atoms with Crippen LogP contribution in [0, 0.1) is 17.1 Å². The highest BCUT2D eigenvalue weighted by Crippen LogP contribution is 2.20. The molecule has 0 aliphatic heterocycles. The van der Waals surface area contributed by atoms with Crippen LogP contribution in [0.25, 0.3) is 11.3 Å². The number of unbranched alkanes of at least 4 members (excludes halogenated alkanes) is 1. The third-order valence-electron chi connectivity index (χ3n) is 4.36. The predicted octanol–water partition coefficient (Wildman–Crippen LogP) is 5.68. The molecule has 0 atom stereocenters. The second-order valence-electron chi connectivity index (χ2n) is 6.39. The van der Waals surface area contributed by atoms with Gasteiger partial charge in [-0.25, -0.2) is 4.39 Å². The van der Waals surface area contributed by atoms with Crippen molar-refractivity contribution in [2.45, 2.75) is 32.8 Å². The third kappa shape index (κ3) is 4.92. The Bertz CT molecular complexity index is 928. The second kappa shape index (κ2) is 8.95. The van der Waals surface area contributed by atoms with E-state index < -0.39 is 5.82 Å². The molecule has 0 saturated heterocycles. The average Bonchev–Trinajstić information content (AvgIpc) is 2.71. The van der Waals surface area contributed by atoms with Crippen LogP contribution < -0.4 is 4.74 Å². The van der Waals surface area contributed by atoms with Crippen molar-refractivity contribution in [3.05, 3.63) is 83.3 Å². The van der Waals surface area contributed by atoms with E-state index in [0.29, 0.717) is 12.4 Å². The van der Waals surface area contributed by atoms with E-state index in [0.717, 1.165) is 23.2 Å². The Morgan fingerprint density at radius 2 is 1.81 bits per heavy atom. The number of halogens is 1. The summed E-state index contributed by atoms with van der Waals surface area (Å²) in [5.74, 6) is -0.168. The summed E-state index contributed by atoms with van der Waals surface area (Å²) >= 11 is 0. The standard InChI is InChI=1S/C23H21FN2O/c1-2-3-4-17-7-12-23(26-15-17)19-8-5-18(6-9-19)16-27-21-11-10-20(14-25)22(24)13-21/h5-13,15H,2-4,16H2,1H3. The molecule has 0 amide bonds. The highest BCUT2D eigenvalue weighted by Gasteiger charge is 2.05. The first-order valence-corrected chi connectivity index (χ1v) is 9.06. The fourth-order valence-corrected chi connectivity index (χ4v) is 2.74. The maximum absolute atomic E-state index is 13.6. The number of rotatable bonds is 7. The number of nitriles is 1. The van der Waals surface area contributed by atoms with Gasteiger partial charge in [0.2, 0.25) is 0 Å². The van der Waals surface area contributed by atoms with E-state index in [1.54, 1.807) is 12.1 Å². The lowest BCUT2D eigenvalue weighted by molar-refractivity contribution is 0.304.